The number of ether oxygens (including phenoxy) is 2. The first kappa shape index (κ1) is 25.9. The van der Waals surface area contributed by atoms with Gasteiger partial charge in [-0.3, -0.25) is 4.90 Å². The quantitative estimate of drug-likeness (QED) is 0.440. The number of hydrogen-bond donors (Lipinski definition) is 0. The van der Waals surface area contributed by atoms with Crippen LogP contribution in [-0.2, 0) is 21.4 Å². The molecule has 0 aromatic heterocycles. The van der Waals surface area contributed by atoms with Gasteiger partial charge in [-0.1, -0.05) is 60.7 Å². The van der Waals surface area contributed by atoms with Crippen LogP contribution in [0.2, 0.25) is 0 Å². The highest BCUT2D eigenvalue weighted by Gasteiger charge is 2.26. The van der Waals surface area contributed by atoms with Crippen molar-refractivity contribution in [3.8, 4) is 5.75 Å². The first-order valence-electron chi connectivity index (χ1n) is 12.5. The second-order valence-corrected chi connectivity index (χ2v) is 11.0. The monoisotopic (exact) mass is 530 g/mol. The maximum Gasteiger partial charge on any atom is 0.337 e. The molecule has 1 fully saturated rings. The lowest BCUT2D eigenvalue weighted by Gasteiger charge is -2.32. The first-order chi connectivity index (χ1) is 18.4. The highest BCUT2D eigenvalue weighted by Crippen LogP contribution is 2.37. The van der Waals surface area contributed by atoms with E-state index in [0.29, 0.717) is 50.6 Å². The Morgan fingerprint density at radius 2 is 1.68 bits per heavy atom. The number of esters is 1. The molecule has 0 atom stereocenters. The summed E-state index contributed by atoms with van der Waals surface area (Å²) in [4.78, 5) is 14.5. The second kappa shape index (κ2) is 11.3. The summed E-state index contributed by atoms with van der Waals surface area (Å²) >= 11 is 0. The van der Waals surface area contributed by atoms with Crippen LogP contribution in [0.4, 0.5) is 0 Å². The number of hydrogen-bond acceptors (Lipinski definition) is 6. The van der Waals surface area contributed by atoms with Crippen LogP contribution >= 0.6 is 0 Å². The van der Waals surface area contributed by atoms with E-state index < -0.39 is 16.0 Å². The molecular formula is C30H30N2O5S. The van der Waals surface area contributed by atoms with Gasteiger partial charge in [-0.15, -0.1) is 0 Å². The molecule has 0 saturated carbocycles. The van der Waals surface area contributed by atoms with Gasteiger partial charge in [-0.2, -0.15) is 4.31 Å². The Kier molecular flexibility index (Phi) is 7.74. The van der Waals surface area contributed by atoms with Crippen molar-refractivity contribution in [2.24, 2.45) is 0 Å². The van der Waals surface area contributed by atoms with Crippen molar-refractivity contribution < 1.29 is 22.7 Å². The summed E-state index contributed by atoms with van der Waals surface area (Å²) in [6, 6.07) is 22.8. The number of fused-ring (bicyclic) bond motifs is 2. The number of benzene rings is 3. The fourth-order valence-electron chi connectivity index (χ4n) is 4.74. The summed E-state index contributed by atoms with van der Waals surface area (Å²) in [5, 5.41) is 1.29. The Hall–Kier alpha value is -3.72. The average Bonchev–Trinajstić information content (AvgIpc) is 3.11. The summed E-state index contributed by atoms with van der Waals surface area (Å²) in [5.74, 6) is 0.310. The minimum atomic E-state index is -3.49. The third-order valence-corrected chi connectivity index (χ3v) is 8.42. The normalized spacial score (nSPS) is 17.4. The molecule has 3 aromatic carbocycles. The van der Waals surface area contributed by atoms with E-state index in [2.05, 4.69) is 17.0 Å². The van der Waals surface area contributed by atoms with Crippen LogP contribution in [0.1, 0.15) is 32.6 Å². The molecule has 7 nitrogen and oxygen atoms in total. The molecule has 0 aliphatic carbocycles. The van der Waals surface area contributed by atoms with E-state index in [9.17, 15) is 13.2 Å². The van der Waals surface area contributed by atoms with Gasteiger partial charge in [0.1, 0.15) is 12.4 Å². The molecule has 5 rings (SSSR count). The molecule has 2 aliphatic heterocycles. The lowest BCUT2D eigenvalue weighted by molar-refractivity contribution is 0.0600. The minimum Gasteiger partial charge on any atom is -0.488 e. The van der Waals surface area contributed by atoms with Crippen molar-refractivity contribution in [3.63, 3.8) is 0 Å². The van der Waals surface area contributed by atoms with Gasteiger partial charge in [0.25, 0.3) is 0 Å². The minimum absolute atomic E-state index is 0.400. The third-order valence-electron chi connectivity index (χ3n) is 6.86. The van der Waals surface area contributed by atoms with Crippen molar-refractivity contribution in [2.75, 3.05) is 39.8 Å². The zero-order chi connectivity index (χ0) is 26.5. The van der Waals surface area contributed by atoms with Crippen molar-refractivity contribution in [3.05, 3.63) is 112 Å². The fraction of sp³-hybridized carbons (Fsp3) is 0.233. The maximum atomic E-state index is 12.9. The lowest BCUT2D eigenvalue weighted by atomic mass is 9.93. The van der Waals surface area contributed by atoms with Crippen molar-refractivity contribution in [1.82, 2.24) is 9.21 Å². The van der Waals surface area contributed by atoms with Crippen LogP contribution in [0.15, 0.2) is 84.3 Å². The highest BCUT2D eigenvalue weighted by molar-refractivity contribution is 7.92. The molecule has 8 heteroatoms. The molecule has 2 heterocycles. The Morgan fingerprint density at radius 1 is 0.947 bits per heavy atom. The maximum absolute atomic E-state index is 12.9. The predicted molar refractivity (Wildman–Crippen MR) is 148 cm³/mol. The summed E-state index contributed by atoms with van der Waals surface area (Å²) in [6.07, 6.45) is 3.78. The molecule has 0 N–H and O–H groups in total. The SMILES string of the molecule is COC(=O)c1ccc2c(c1)/C(=C/CN1CCN(S(=O)(=O)C=Cc3ccccc3)CC1)c1ccccc1CO2. The number of sulfonamides is 1. The standard InChI is InChI=1S/C30H30N2O5S/c1-36-30(33)24-11-12-29-28(21-24)27(26-10-6-5-9-25(26)22-37-29)13-15-31-16-18-32(19-17-31)38(34,35)20-14-23-7-3-2-4-8-23/h2-14,20-21H,15-19,22H2,1H3/b20-14?,27-13+. The van der Waals surface area contributed by atoms with Crippen LogP contribution in [0.3, 0.4) is 0 Å². The smallest absolute Gasteiger partial charge is 0.337 e. The molecule has 0 spiro atoms. The molecular weight excluding hydrogens is 500 g/mol. The molecule has 0 bridgehead atoms. The number of rotatable bonds is 6. The van der Waals surface area contributed by atoms with Gasteiger partial charge < -0.3 is 9.47 Å². The van der Waals surface area contributed by atoms with Gasteiger partial charge in [0, 0.05) is 43.7 Å². The summed E-state index contributed by atoms with van der Waals surface area (Å²) in [5.41, 5.74) is 5.26. The molecule has 2 aliphatic rings. The lowest BCUT2D eigenvalue weighted by Crippen LogP contribution is -2.48. The molecule has 0 amide bonds. The largest absolute Gasteiger partial charge is 0.488 e. The van der Waals surface area contributed by atoms with Crippen LogP contribution in [-0.4, -0.2) is 63.4 Å². The van der Waals surface area contributed by atoms with Gasteiger partial charge in [-0.25, -0.2) is 13.2 Å². The zero-order valence-electron chi connectivity index (χ0n) is 21.2. The summed E-state index contributed by atoms with van der Waals surface area (Å²) in [7, 11) is -2.12. The van der Waals surface area contributed by atoms with Crippen LogP contribution in [0.25, 0.3) is 11.6 Å². The molecule has 38 heavy (non-hydrogen) atoms. The number of carbonyl (C=O) groups excluding carboxylic acids is 1. The molecule has 0 unspecified atom stereocenters. The zero-order valence-corrected chi connectivity index (χ0v) is 22.1. The van der Waals surface area contributed by atoms with Crippen LogP contribution in [0.5, 0.6) is 5.75 Å². The number of methoxy groups -OCH3 is 1. The van der Waals surface area contributed by atoms with E-state index in [1.54, 1.807) is 12.1 Å². The summed E-state index contributed by atoms with van der Waals surface area (Å²) in [6.45, 7) is 3.16. The van der Waals surface area contributed by atoms with Crippen molar-refractivity contribution >= 4 is 27.6 Å². The number of carbonyl (C=O) groups is 1. The first-order valence-corrected chi connectivity index (χ1v) is 14.0. The fourth-order valence-corrected chi connectivity index (χ4v) is 5.92. The highest BCUT2D eigenvalue weighted by atomic mass is 32.2. The molecule has 196 valence electrons. The van der Waals surface area contributed by atoms with Crippen molar-refractivity contribution in [1.29, 1.82) is 0 Å². The van der Waals surface area contributed by atoms with E-state index in [1.807, 2.05) is 60.7 Å². The summed E-state index contributed by atoms with van der Waals surface area (Å²) < 4.78 is 38.3. The van der Waals surface area contributed by atoms with Gasteiger partial charge in [0.2, 0.25) is 10.0 Å². The van der Waals surface area contributed by atoms with Gasteiger partial charge >= 0.3 is 5.97 Å². The third kappa shape index (κ3) is 5.72. The number of piperazine rings is 1. The van der Waals surface area contributed by atoms with Crippen molar-refractivity contribution in [2.45, 2.75) is 6.61 Å². The average molecular weight is 531 g/mol. The van der Waals surface area contributed by atoms with E-state index in [-0.39, 0.29) is 0 Å². The predicted octanol–water partition coefficient (Wildman–Crippen LogP) is 4.42. The van der Waals surface area contributed by atoms with E-state index in [1.165, 1.54) is 16.8 Å². The van der Waals surface area contributed by atoms with Crippen LogP contribution in [0, 0.1) is 0 Å². The van der Waals surface area contributed by atoms with E-state index in [0.717, 1.165) is 27.8 Å². The van der Waals surface area contributed by atoms with Gasteiger partial charge in [-0.05, 0) is 46.5 Å². The Labute approximate surface area is 223 Å². The Balaban J connectivity index is 1.34. The molecule has 0 radical (unpaired) electrons. The van der Waals surface area contributed by atoms with E-state index in [4.69, 9.17) is 9.47 Å². The Morgan fingerprint density at radius 3 is 2.45 bits per heavy atom. The Bertz CT molecular complexity index is 1470. The van der Waals surface area contributed by atoms with E-state index >= 15 is 0 Å². The molecule has 1 saturated heterocycles. The topological polar surface area (TPSA) is 76.2 Å². The van der Waals surface area contributed by atoms with Gasteiger partial charge in [0.15, 0.2) is 0 Å². The second-order valence-electron chi connectivity index (χ2n) is 9.22. The molecule has 3 aromatic rings. The van der Waals surface area contributed by atoms with Gasteiger partial charge in [0.05, 0.1) is 12.7 Å². The van der Waals surface area contributed by atoms with Crippen LogP contribution < -0.4 is 4.74 Å². The number of nitrogens with zero attached hydrogens (tertiary/aromatic N) is 2.